The number of benzene rings is 3. The highest BCUT2D eigenvalue weighted by atomic mass is 32.2. The number of anilines is 2. The number of rotatable bonds is 7. The fourth-order valence-electron chi connectivity index (χ4n) is 2.99. The van der Waals surface area contributed by atoms with E-state index >= 15 is 0 Å². The maximum atomic E-state index is 11.8. The summed E-state index contributed by atoms with van der Waals surface area (Å²) in [4.78, 5) is 11.1. The fraction of sp³-hybridized carbons (Fsp3) is 0.136. The predicted molar refractivity (Wildman–Crippen MR) is 109 cm³/mol. The van der Waals surface area contributed by atoms with Crippen molar-refractivity contribution in [2.45, 2.75) is 19.8 Å². The molecule has 0 aliphatic rings. The fourth-order valence-corrected chi connectivity index (χ4v) is 3.57. The van der Waals surface area contributed by atoms with Crippen LogP contribution in [-0.4, -0.2) is 19.8 Å². The minimum absolute atomic E-state index is 0.263. The van der Waals surface area contributed by atoms with Gasteiger partial charge in [-0.15, -0.1) is 0 Å². The number of carbonyl (C=O) groups is 1. The molecule has 1 N–H and O–H groups in total. The third kappa shape index (κ3) is 4.85. The Balaban J connectivity index is 1.81. The molecule has 0 saturated heterocycles. The lowest BCUT2D eigenvalue weighted by Gasteiger charge is -2.27. The van der Waals surface area contributed by atoms with Crippen LogP contribution in [-0.2, 0) is 24.1 Å². The molecule has 0 bridgehead atoms. The molecule has 3 rings (SSSR count). The van der Waals surface area contributed by atoms with Gasteiger partial charge < -0.3 is 9.66 Å². The third-order valence-corrected chi connectivity index (χ3v) is 5.16. The third-order valence-electron chi connectivity index (χ3n) is 4.44. The summed E-state index contributed by atoms with van der Waals surface area (Å²) in [6.07, 6.45) is 1.33. The minimum atomic E-state index is -2.45. The molecule has 0 saturated carbocycles. The Bertz CT molecular complexity index is 1000. The Morgan fingerprint density at radius 3 is 2.14 bits per heavy atom. The van der Waals surface area contributed by atoms with E-state index in [1.807, 2.05) is 43.3 Å². The normalized spacial score (nSPS) is 11.8. The molecule has 28 heavy (non-hydrogen) atoms. The van der Waals surface area contributed by atoms with E-state index in [1.54, 1.807) is 36.4 Å². The molecule has 0 aliphatic heterocycles. The minimum Gasteiger partial charge on any atom is -0.755 e. The van der Waals surface area contributed by atoms with Crippen LogP contribution in [0.5, 0.6) is 0 Å². The summed E-state index contributed by atoms with van der Waals surface area (Å²) in [5.74, 6) is -0.949. The van der Waals surface area contributed by atoms with Crippen LogP contribution in [0.2, 0.25) is 0 Å². The lowest BCUT2D eigenvalue weighted by Crippen LogP contribution is -2.19. The van der Waals surface area contributed by atoms with Crippen LogP contribution in [0.25, 0.3) is 0 Å². The van der Waals surface area contributed by atoms with E-state index in [2.05, 4.69) is 0 Å². The molecule has 1 unspecified atom stereocenters. The van der Waals surface area contributed by atoms with Gasteiger partial charge in [0.05, 0.1) is 28.2 Å². The van der Waals surface area contributed by atoms with Gasteiger partial charge in [-0.1, -0.05) is 42.0 Å². The van der Waals surface area contributed by atoms with Crippen molar-refractivity contribution < 1.29 is 18.7 Å². The number of nitrogens with zero attached hydrogens (tertiary/aromatic N) is 1. The van der Waals surface area contributed by atoms with E-state index in [1.165, 1.54) is 4.31 Å². The Morgan fingerprint density at radius 1 is 0.929 bits per heavy atom. The topological polar surface area (TPSA) is 80.7 Å². The molecule has 0 aliphatic carbocycles. The van der Waals surface area contributed by atoms with Gasteiger partial charge >= 0.3 is 5.97 Å². The van der Waals surface area contributed by atoms with Crippen molar-refractivity contribution in [1.29, 1.82) is 0 Å². The van der Waals surface area contributed by atoms with Gasteiger partial charge in [0.15, 0.2) is 0 Å². The van der Waals surface area contributed by atoms with Gasteiger partial charge in [-0.3, -0.25) is 8.51 Å². The SMILES string of the molecule is Cc1ccc(N(c2cccc(CCc3cccc(C(=O)O)c3)c2)S(=O)[O-])cc1. The van der Waals surface area contributed by atoms with E-state index in [9.17, 15) is 13.6 Å². The van der Waals surface area contributed by atoms with E-state index in [0.29, 0.717) is 24.2 Å². The monoisotopic (exact) mass is 394 g/mol. The maximum absolute atomic E-state index is 11.8. The smallest absolute Gasteiger partial charge is 0.335 e. The Hall–Kier alpha value is -2.96. The summed E-state index contributed by atoms with van der Waals surface area (Å²) >= 11 is -2.45. The van der Waals surface area contributed by atoms with E-state index in [0.717, 1.165) is 16.7 Å². The van der Waals surface area contributed by atoms with Gasteiger partial charge in [-0.2, -0.15) is 0 Å². The first-order chi connectivity index (χ1) is 13.4. The lowest BCUT2D eigenvalue weighted by atomic mass is 10.0. The van der Waals surface area contributed by atoms with Crippen LogP contribution in [0, 0.1) is 6.92 Å². The number of carboxylic acids is 1. The molecule has 5 nitrogen and oxygen atoms in total. The molecule has 0 heterocycles. The molecule has 3 aromatic rings. The van der Waals surface area contributed by atoms with Crippen molar-refractivity contribution in [3.05, 3.63) is 95.1 Å². The summed E-state index contributed by atoms with van der Waals surface area (Å²) in [6.45, 7) is 1.95. The average molecular weight is 394 g/mol. The van der Waals surface area contributed by atoms with Gasteiger partial charge in [0.2, 0.25) is 0 Å². The zero-order valence-corrected chi connectivity index (χ0v) is 16.2. The summed E-state index contributed by atoms with van der Waals surface area (Å²) in [7, 11) is 0. The van der Waals surface area contributed by atoms with Crippen molar-refractivity contribution in [2.75, 3.05) is 4.31 Å². The lowest BCUT2D eigenvalue weighted by molar-refractivity contribution is 0.0696. The molecule has 1 atom stereocenters. The van der Waals surface area contributed by atoms with Crippen molar-refractivity contribution in [1.82, 2.24) is 0 Å². The van der Waals surface area contributed by atoms with Gasteiger partial charge in [0.1, 0.15) is 0 Å². The van der Waals surface area contributed by atoms with Crippen LogP contribution < -0.4 is 4.31 Å². The number of aryl methyl sites for hydroxylation is 3. The second-order valence-electron chi connectivity index (χ2n) is 6.52. The van der Waals surface area contributed by atoms with Crippen LogP contribution in [0.4, 0.5) is 11.4 Å². The van der Waals surface area contributed by atoms with Crippen LogP contribution in [0.15, 0.2) is 72.8 Å². The number of hydrogen-bond acceptors (Lipinski definition) is 3. The van der Waals surface area contributed by atoms with E-state index in [-0.39, 0.29) is 5.56 Å². The molecule has 3 aromatic carbocycles. The molecule has 0 fully saturated rings. The summed E-state index contributed by atoms with van der Waals surface area (Å²) < 4.78 is 25.0. The Morgan fingerprint density at radius 2 is 1.54 bits per heavy atom. The average Bonchev–Trinajstić information content (AvgIpc) is 2.68. The zero-order chi connectivity index (χ0) is 20.1. The summed E-state index contributed by atoms with van der Waals surface area (Å²) in [6, 6.07) is 21.5. The largest absolute Gasteiger partial charge is 0.755 e. The highest BCUT2D eigenvalue weighted by Crippen LogP contribution is 2.28. The first-order valence-electron chi connectivity index (χ1n) is 8.81. The first-order valence-corrected chi connectivity index (χ1v) is 9.84. The van der Waals surface area contributed by atoms with Gasteiger partial charge in [-0.25, -0.2) is 4.79 Å². The predicted octanol–water partition coefficient (Wildman–Crippen LogP) is 4.41. The molecular formula is C22H20NO4S-. The van der Waals surface area contributed by atoms with Crippen LogP contribution in [0.1, 0.15) is 27.0 Å². The highest BCUT2D eigenvalue weighted by Gasteiger charge is 2.11. The van der Waals surface area contributed by atoms with Crippen LogP contribution in [0.3, 0.4) is 0 Å². The summed E-state index contributed by atoms with van der Waals surface area (Å²) in [5, 5.41) is 9.11. The Labute approximate surface area is 166 Å². The molecule has 0 spiro atoms. The van der Waals surface area contributed by atoms with Crippen LogP contribution >= 0.6 is 0 Å². The molecule has 0 amide bonds. The van der Waals surface area contributed by atoms with Gasteiger partial charge in [0, 0.05) is 0 Å². The van der Waals surface area contributed by atoms with E-state index < -0.39 is 17.2 Å². The van der Waals surface area contributed by atoms with Crippen molar-refractivity contribution in [3.63, 3.8) is 0 Å². The zero-order valence-electron chi connectivity index (χ0n) is 15.4. The first kappa shape index (κ1) is 19.8. The van der Waals surface area contributed by atoms with Gasteiger partial charge in [-0.05, 0) is 67.3 Å². The molecule has 0 radical (unpaired) electrons. The second-order valence-corrected chi connectivity index (χ2v) is 7.32. The Kier molecular flexibility index (Phi) is 6.23. The van der Waals surface area contributed by atoms with Gasteiger partial charge in [0.25, 0.3) is 0 Å². The highest BCUT2D eigenvalue weighted by molar-refractivity contribution is 7.81. The molecule has 144 valence electrons. The van der Waals surface area contributed by atoms with Crippen molar-refractivity contribution in [2.24, 2.45) is 0 Å². The summed E-state index contributed by atoms with van der Waals surface area (Å²) in [5.41, 5.74) is 4.35. The van der Waals surface area contributed by atoms with Crippen molar-refractivity contribution in [3.8, 4) is 0 Å². The molecular weight excluding hydrogens is 374 g/mol. The number of aromatic carboxylic acids is 1. The molecule has 6 heteroatoms. The number of hydrogen-bond donors (Lipinski definition) is 1. The van der Waals surface area contributed by atoms with E-state index in [4.69, 9.17) is 5.11 Å². The second kappa shape index (κ2) is 8.82. The maximum Gasteiger partial charge on any atom is 0.335 e. The molecule has 0 aromatic heterocycles. The quantitative estimate of drug-likeness (QED) is 0.602. The standard InChI is InChI=1S/C22H21NO4S/c1-16-8-12-20(13-9-16)23(28(26)27)21-7-3-5-18(15-21)11-10-17-4-2-6-19(14-17)22(24)25/h2-9,12-15H,10-11H2,1H3,(H,24,25)(H,26,27)/p-1. The van der Waals surface area contributed by atoms with Crippen molar-refractivity contribution >= 4 is 28.6 Å². The number of carboxylic acid groups (broad SMARTS) is 1.